The summed E-state index contributed by atoms with van der Waals surface area (Å²) in [4.78, 5) is 17.5. The maximum atomic E-state index is 12.8. The molecule has 256 valence electrons. The van der Waals surface area contributed by atoms with Gasteiger partial charge in [0.1, 0.15) is 37.4 Å². The number of nitrogens with zero attached hydrogens (tertiary/aromatic N) is 8. The van der Waals surface area contributed by atoms with Crippen LogP contribution in [0.25, 0.3) is 5.69 Å². The molecule has 0 aliphatic carbocycles. The van der Waals surface area contributed by atoms with Crippen LogP contribution >= 0.6 is 23.2 Å². The molecule has 0 saturated carbocycles. The number of anilines is 2. The molecule has 12 nitrogen and oxygen atoms in total. The summed E-state index contributed by atoms with van der Waals surface area (Å²) in [6.45, 7) is 8.54. The van der Waals surface area contributed by atoms with Gasteiger partial charge in [-0.1, -0.05) is 36.2 Å². The second-order valence-electron chi connectivity index (χ2n) is 12.3. The SMILES string of the molecule is CC[C@@H](C)n1ncn(-c2ccc(N3CCN(c4ccc(OC[C@H]5CO[C@](Cn6cnnc6)(c6ccc(Cl)cc6Cl)O5)cc4)CC3)cc2)c1=O. The second kappa shape index (κ2) is 14.2. The van der Waals surface area contributed by atoms with Gasteiger partial charge in [-0.15, -0.1) is 10.2 Å². The van der Waals surface area contributed by atoms with Crippen molar-refractivity contribution in [3.63, 3.8) is 0 Å². The van der Waals surface area contributed by atoms with E-state index in [1.165, 1.54) is 4.68 Å². The summed E-state index contributed by atoms with van der Waals surface area (Å²) in [6, 6.07) is 21.6. The lowest BCUT2D eigenvalue weighted by atomic mass is 10.1. The highest BCUT2D eigenvalue weighted by Crippen LogP contribution is 2.40. The van der Waals surface area contributed by atoms with Gasteiger partial charge in [0, 0.05) is 48.1 Å². The summed E-state index contributed by atoms with van der Waals surface area (Å²) in [5.41, 5.74) is 3.66. The lowest BCUT2D eigenvalue weighted by Crippen LogP contribution is -2.46. The fourth-order valence-electron chi connectivity index (χ4n) is 6.26. The maximum absolute atomic E-state index is 12.8. The summed E-state index contributed by atoms with van der Waals surface area (Å²) in [7, 11) is 0. The van der Waals surface area contributed by atoms with Crippen LogP contribution in [0.15, 0.2) is 90.5 Å². The molecule has 5 aromatic rings. The first-order valence-electron chi connectivity index (χ1n) is 16.4. The fourth-order valence-corrected chi connectivity index (χ4v) is 6.81. The highest BCUT2D eigenvalue weighted by Gasteiger charge is 2.45. The van der Waals surface area contributed by atoms with E-state index in [1.807, 2.05) is 44.2 Å². The Hall–Kier alpha value is -4.36. The van der Waals surface area contributed by atoms with Gasteiger partial charge in [-0.05, 0) is 74.0 Å². The van der Waals surface area contributed by atoms with E-state index in [0.717, 1.165) is 55.4 Å². The Bertz CT molecular complexity index is 1910. The molecule has 3 aromatic carbocycles. The third kappa shape index (κ3) is 7.04. The van der Waals surface area contributed by atoms with Crippen LogP contribution in [0.1, 0.15) is 31.9 Å². The Morgan fingerprint density at radius 1 is 0.898 bits per heavy atom. The molecular formula is C35H38Cl2N8O4. The molecule has 0 unspecified atom stereocenters. The van der Waals surface area contributed by atoms with E-state index in [9.17, 15) is 4.79 Å². The minimum atomic E-state index is -1.14. The molecule has 0 amide bonds. The van der Waals surface area contributed by atoms with E-state index in [0.29, 0.717) is 35.4 Å². The summed E-state index contributed by atoms with van der Waals surface area (Å²) in [6.07, 6.45) is 5.34. The topological polar surface area (TPSA) is 105 Å². The van der Waals surface area contributed by atoms with E-state index in [2.05, 4.69) is 49.4 Å². The minimum absolute atomic E-state index is 0.0646. The lowest BCUT2D eigenvalue weighted by Gasteiger charge is -2.37. The molecule has 0 spiro atoms. The normalized spacial score (nSPS) is 20.1. The number of benzene rings is 3. The minimum Gasteiger partial charge on any atom is -0.491 e. The number of hydrogen-bond donors (Lipinski definition) is 0. The van der Waals surface area contributed by atoms with Gasteiger partial charge < -0.3 is 28.6 Å². The van der Waals surface area contributed by atoms with Gasteiger partial charge >= 0.3 is 5.69 Å². The zero-order valence-corrected chi connectivity index (χ0v) is 28.9. The van der Waals surface area contributed by atoms with Crippen LogP contribution in [0.2, 0.25) is 10.0 Å². The quantitative estimate of drug-likeness (QED) is 0.174. The van der Waals surface area contributed by atoms with Crippen LogP contribution in [-0.2, 0) is 21.8 Å². The van der Waals surface area contributed by atoms with Crippen LogP contribution < -0.4 is 20.2 Å². The van der Waals surface area contributed by atoms with Gasteiger partial charge in [-0.3, -0.25) is 0 Å². The number of ether oxygens (including phenoxy) is 3. The van der Waals surface area contributed by atoms with Crippen molar-refractivity contribution < 1.29 is 14.2 Å². The predicted octanol–water partition coefficient (Wildman–Crippen LogP) is 5.58. The first-order valence-corrected chi connectivity index (χ1v) is 17.2. The van der Waals surface area contributed by atoms with Gasteiger partial charge in [0.2, 0.25) is 5.79 Å². The van der Waals surface area contributed by atoms with Crippen molar-refractivity contribution in [1.29, 1.82) is 0 Å². The van der Waals surface area contributed by atoms with Crippen molar-refractivity contribution >= 4 is 34.6 Å². The lowest BCUT2D eigenvalue weighted by molar-refractivity contribution is -0.189. The molecule has 2 aromatic heterocycles. The molecule has 49 heavy (non-hydrogen) atoms. The monoisotopic (exact) mass is 704 g/mol. The predicted molar refractivity (Wildman–Crippen MR) is 188 cm³/mol. The van der Waals surface area contributed by atoms with Crippen LogP contribution in [0, 0.1) is 0 Å². The zero-order valence-electron chi connectivity index (χ0n) is 27.4. The third-order valence-corrected chi connectivity index (χ3v) is 9.72. The van der Waals surface area contributed by atoms with Gasteiger partial charge in [0.25, 0.3) is 0 Å². The van der Waals surface area contributed by atoms with Crippen molar-refractivity contribution in [2.24, 2.45) is 0 Å². The van der Waals surface area contributed by atoms with Gasteiger partial charge in [0.05, 0.1) is 29.9 Å². The average molecular weight is 706 g/mol. The first kappa shape index (κ1) is 33.2. The Morgan fingerprint density at radius 3 is 2.16 bits per heavy atom. The highest BCUT2D eigenvalue weighted by molar-refractivity contribution is 6.35. The number of aromatic nitrogens is 6. The van der Waals surface area contributed by atoms with Crippen molar-refractivity contribution in [3.8, 4) is 11.4 Å². The van der Waals surface area contributed by atoms with Crippen LogP contribution in [0.4, 0.5) is 11.4 Å². The Balaban J connectivity index is 0.925. The van der Waals surface area contributed by atoms with Crippen molar-refractivity contribution in [3.05, 3.63) is 112 Å². The molecule has 2 fully saturated rings. The smallest absolute Gasteiger partial charge is 0.350 e. The number of halogens is 2. The van der Waals surface area contributed by atoms with Crippen molar-refractivity contribution in [1.82, 2.24) is 29.1 Å². The molecule has 14 heteroatoms. The Labute approximate surface area is 294 Å². The van der Waals surface area contributed by atoms with Crippen LogP contribution in [0.3, 0.4) is 0 Å². The Morgan fingerprint density at radius 2 is 1.53 bits per heavy atom. The second-order valence-corrected chi connectivity index (χ2v) is 13.2. The van der Waals surface area contributed by atoms with E-state index >= 15 is 0 Å². The van der Waals surface area contributed by atoms with Gasteiger partial charge in [-0.2, -0.15) is 5.10 Å². The fraction of sp³-hybridized carbons (Fsp3) is 0.371. The van der Waals surface area contributed by atoms with Crippen molar-refractivity contribution in [2.45, 2.75) is 44.7 Å². The summed E-state index contributed by atoms with van der Waals surface area (Å²) in [5.74, 6) is -0.385. The molecule has 2 aliphatic rings. The van der Waals surface area contributed by atoms with E-state index in [4.69, 9.17) is 37.4 Å². The summed E-state index contributed by atoms with van der Waals surface area (Å²) < 4.78 is 23.8. The number of piperazine rings is 1. The standard InChI is InChI=1S/C35H38Cl2N8O4/c1-3-25(2)45-34(46)44(24-40-45)29-7-5-27(6-8-29)42-14-16-43(17-15-42)28-9-11-30(12-10-28)47-19-31-20-48-35(49-31,21-41-22-38-39-23-41)32-13-4-26(36)18-33(32)37/h4-13,18,22-25,31H,3,14-17,19-21H2,1-2H3/t25-,31+,35+/m1/s1. The van der Waals surface area contributed by atoms with Crippen molar-refractivity contribution in [2.75, 3.05) is 49.2 Å². The number of hydrogen-bond acceptors (Lipinski definition) is 9. The van der Waals surface area contributed by atoms with E-state index in [-0.39, 0.29) is 17.8 Å². The number of rotatable bonds is 11. The van der Waals surface area contributed by atoms with E-state index in [1.54, 1.807) is 40.2 Å². The first-order chi connectivity index (χ1) is 23.8. The molecule has 0 bridgehead atoms. The van der Waals surface area contributed by atoms with Crippen LogP contribution in [0.5, 0.6) is 5.75 Å². The zero-order chi connectivity index (χ0) is 34.0. The average Bonchev–Trinajstić information content (AvgIpc) is 3.88. The summed E-state index contributed by atoms with van der Waals surface area (Å²) in [5, 5.41) is 13.1. The molecule has 2 aliphatic heterocycles. The van der Waals surface area contributed by atoms with Crippen LogP contribution in [-0.4, -0.2) is 74.6 Å². The Kier molecular flexibility index (Phi) is 9.64. The molecular weight excluding hydrogens is 667 g/mol. The van der Waals surface area contributed by atoms with Gasteiger partial charge in [0.15, 0.2) is 0 Å². The third-order valence-electron chi connectivity index (χ3n) is 9.17. The molecule has 3 atom stereocenters. The van der Waals surface area contributed by atoms with Gasteiger partial charge in [-0.25, -0.2) is 14.0 Å². The molecule has 4 heterocycles. The summed E-state index contributed by atoms with van der Waals surface area (Å²) >= 11 is 12.7. The highest BCUT2D eigenvalue weighted by atomic mass is 35.5. The molecule has 0 radical (unpaired) electrons. The molecule has 0 N–H and O–H groups in total. The molecule has 7 rings (SSSR count). The largest absolute Gasteiger partial charge is 0.491 e. The van der Waals surface area contributed by atoms with E-state index < -0.39 is 5.79 Å². The maximum Gasteiger partial charge on any atom is 0.350 e. The molecule has 2 saturated heterocycles.